The van der Waals surface area contributed by atoms with E-state index in [0.717, 1.165) is 36.5 Å². The molecule has 1 aliphatic rings. The van der Waals surface area contributed by atoms with Crippen molar-refractivity contribution in [3.63, 3.8) is 0 Å². The molecule has 1 unspecified atom stereocenters. The van der Waals surface area contributed by atoms with E-state index in [0.29, 0.717) is 0 Å². The highest BCUT2D eigenvalue weighted by atomic mass is 16.5. The van der Waals surface area contributed by atoms with Gasteiger partial charge in [-0.25, -0.2) is 0 Å². The lowest BCUT2D eigenvalue weighted by atomic mass is 9.98. The normalized spacial score (nSPS) is 16.7. The third-order valence-electron chi connectivity index (χ3n) is 5.31. The quantitative estimate of drug-likeness (QED) is 0.636. The Morgan fingerprint density at radius 3 is 2.63 bits per heavy atom. The van der Waals surface area contributed by atoms with E-state index in [4.69, 9.17) is 4.74 Å². The molecule has 4 heteroatoms. The van der Waals surface area contributed by atoms with Crippen molar-refractivity contribution in [2.24, 2.45) is 0 Å². The molecule has 0 radical (unpaired) electrons. The van der Waals surface area contributed by atoms with Crippen LogP contribution in [0.2, 0.25) is 0 Å². The lowest BCUT2D eigenvalue weighted by Gasteiger charge is -2.37. The molecule has 0 saturated carbocycles. The maximum Gasteiger partial charge on any atom is 0.159 e. The highest BCUT2D eigenvalue weighted by Gasteiger charge is 2.29. The largest absolute Gasteiger partial charge is 0.496 e. The van der Waals surface area contributed by atoms with Crippen LogP contribution in [0.4, 0.5) is 0 Å². The Bertz CT molecular complexity index is 946. The molecule has 27 heavy (non-hydrogen) atoms. The average Bonchev–Trinajstić information content (AvgIpc) is 3.17. The minimum Gasteiger partial charge on any atom is -0.496 e. The second-order valence-electron chi connectivity index (χ2n) is 6.99. The van der Waals surface area contributed by atoms with E-state index in [1.165, 1.54) is 11.3 Å². The molecule has 0 amide bonds. The second kappa shape index (κ2) is 7.41. The van der Waals surface area contributed by atoms with Crippen LogP contribution in [0.15, 0.2) is 66.9 Å². The number of carbonyl (C=O) groups is 1. The van der Waals surface area contributed by atoms with Crippen molar-refractivity contribution in [1.82, 2.24) is 9.47 Å². The van der Waals surface area contributed by atoms with Gasteiger partial charge in [-0.15, -0.1) is 0 Å². The molecule has 4 nitrogen and oxygen atoms in total. The summed E-state index contributed by atoms with van der Waals surface area (Å²) >= 11 is 0. The Labute approximate surface area is 160 Å². The average molecular weight is 360 g/mol. The molecule has 0 aliphatic carbocycles. The SMILES string of the molecule is COc1ccc(C(C)=O)cc1CN1CCn2cccc2C1c1ccccc1. The lowest BCUT2D eigenvalue weighted by Crippen LogP contribution is -2.38. The van der Waals surface area contributed by atoms with Gasteiger partial charge in [-0.2, -0.15) is 0 Å². The number of rotatable bonds is 5. The molecule has 0 spiro atoms. The Hall–Kier alpha value is -2.85. The summed E-state index contributed by atoms with van der Waals surface area (Å²) in [6.07, 6.45) is 2.15. The smallest absolute Gasteiger partial charge is 0.159 e. The van der Waals surface area contributed by atoms with Gasteiger partial charge in [0.05, 0.1) is 13.2 Å². The van der Waals surface area contributed by atoms with E-state index >= 15 is 0 Å². The molecule has 0 bridgehead atoms. The van der Waals surface area contributed by atoms with Gasteiger partial charge in [0, 0.05) is 42.7 Å². The van der Waals surface area contributed by atoms with Gasteiger partial charge < -0.3 is 9.30 Å². The first-order valence-corrected chi connectivity index (χ1v) is 9.29. The molecule has 3 aromatic rings. The number of hydrogen-bond donors (Lipinski definition) is 0. The van der Waals surface area contributed by atoms with Gasteiger partial charge in [-0.1, -0.05) is 30.3 Å². The van der Waals surface area contributed by atoms with E-state index in [1.54, 1.807) is 14.0 Å². The third kappa shape index (κ3) is 3.40. The van der Waals surface area contributed by atoms with E-state index < -0.39 is 0 Å². The zero-order valence-electron chi connectivity index (χ0n) is 15.8. The highest BCUT2D eigenvalue weighted by Crippen LogP contribution is 2.34. The Morgan fingerprint density at radius 1 is 1.07 bits per heavy atom. The van der Waals surface area contributed by atoms with Crippen LogP contribution in [0.5, 0.6) is 5.75 Å². The van der Waals surface area contributed by atoms with Crippen molar-refractivity contribution in [2.45, 2.75) is 26.1 Å². The van der Waals surface area contributed by atoms with E-state index in [-0.39, 0.29) is 11.8 Å². The van der Waals surface area contributed by atoms with Crippen LogP contribution >= 0.6 is 0 Å². The number of hydrogen-bond acceptors (Lipinski definition) is 3. The zero-order chi connectivity index (χ0) is 18.8. The number of nitrogens with zero attached hydrogens (tertiary/aromatic N) is 2. The number of ketones is 1. The third-order valence-corrected chi connectivity index (χ3v) is 5.31. The second-order valence-corrected chi connectivity index (χ2v) is 6.99. The van der Waals surface area contributed by atoms with E-state index in [9.17, 15) is 4.79 Å². The fourth-order valence-electron chi connectivity index (χ4n) is 3.96. The number of fused-ring (bicyclic) bond motifs is 1. The first-order valence-electron chi connectivity index (χ1n) is 9.29. The van der Waals surface area contributed by atoms with E-state index in [2.05, 4.69) is 58.1 Å². The highest BCUT2D eigenvalue weighted by molar-refractivity contribution is 5.94. The number of benzene rings is 2. The Balaban J connectivity index is 1.73. The summed E-state index contributed by atoms with van der Waals surface area (Å²) in [4.78, 5) is 14.3. The molecule has 138 valence electrons. The van der Waals surface area contributed by atoms with E-state index in [1.807, 2.05) is 18.2 Å². The first-order chi connectivity index (χ1) is 13.2. The predicted octanol–water partition coefficient (Wildman–Crippen LogP) is 4.30. The maximum atomic E-state index is 11.8. The molecule has 0 fully saturated rings. The molecule has 0 N–H and O–H groups in total. The van der Waals surface area contributed by atoms with Gasteiger partial charge in [-0.05, 0) is 42.8 Å². The number of aromatic nitrogens is 1. The minimum atomic E-state index is 0.0750. The molecular formula is C23H24N2O2. The number of methoxy groups -OCH3 is 1. The van der Waals surface area contributed by atoms with Gasteiger partial charge >= 0.3 is 0 Å². The predicted molar refractivity (Wildman–Crippen MR) is 106 cm³/mol. The van der Waals surface area contributed by atoms with Gasteiger partial charge in [-0.3, -0.25) is 9.69 Å². The van der Waals surface area contributed by atoms with Crippen molar-refractivity contribution in [3.8, 4) is 5.75 Å². The molecule has 1 atom stereocenters. The van der Waals surface area contributed by atoms with Crippen LogP contribution in [0, 0.1) is 0 Å². The van der Waals surface area contributed by atoms with Crippen LogP contribution in [-0.4, -0.2) is 28.9 Å². The van der Waals surface area contributed by atoms with Gasteiger partial charge in [0.2, 0.25) is 0 Å². The van der Waals surface area contributed by atoms with Crippen molar-refractivity contribution in [1.29, 1.82) is 0 Å². The fourth-order valence-corrected chi connectivity index (χ4v) is 3.96. The summed E-state index contributed by atoms with van der Waals surface area (Å²) < 4.78 is 7.90. The Kier molecular flexibility index (Phi) is 4.82. The summed E-state index contributed by atoms with van der Waals surface area (Å²) in [7, 11) is 1.68. The molecule has 1 aromatic heterocycles. The molecule has 1 aliphatic heterocycles. The van der Waals surface area contributed by atoms with Gasteiger partial charge in [0.1, 0.15) is 5.75 Å². The fraction of sp³-hybridized carbons (Fsp3) is 0.261. The molecule has 2 heterocycles. The van der Waals surface area contributed by atoms with Crippen molar-refractivity contribution < 1.29 is 9.53 Å². The minimum absolute atomic E-state index is 0.0750. The molecule has 4 rings (SSSR count). The molecular weight excluding hydrogens is 336 g/mol. The maximum absolute atomic E-state index is 11.8. The van der Waals surface area contributed by atoms with Crippen LogP contribution in [0.25, 0.3) is 0 Å². The van der Waals surface area contributed by atoms with Crippen molar-refractivity contribution in [3.05, 3.63) is 89.2 Å². The Morgan fingerprint density at radius 2 is 1.89 bits per heavy atom. The summed E-state index contributed by atoms with van der Waals surface area (Å²) in [6, 6.07) is 20.8. The van der Waals surface area contributed by atoms with Gasteiger partial charge in [0.25, 0.3) is 0 Å². The first kappa shape index (κ1) is 17.6. The van der Waals surface area contributed by atoms with Gasteiger partial charge in [0.15, 0.2) is 5.78 Å². The number of carbonyl (C=O) groups excluding carboxylic acids is 1. The van der Waals surface area contributed by atoms with Crippen molar-refractivity contribution in [2.75, 3.05) is 13.7 Å². The summed E-state index contributed by atoms with van der Waals surface area (Å²) in [5.74, 6) is 0.902. The summed E-state index contributed by atoms with van der Waals surface area (Å²) in [5.41, 5.74) is 4.35. The summed E-state index contributed by atoms with van der Waals surface area (Å²) in [5, 5.41) is 0. The molecule has 2 aromatic carbocycles. The number of Topliss-reactive ketones (excluding diaryl/α,β-unsaturated/α-hetero) is 1. The van der Waals surface area contributed by atoms with Crippen LogP contribution in [0.1, 0.15) is 40.1 Å². The topological polar surface area (TPSA) is 34.5 Å². The summed E-state index contributed by atoms with van der Waals surface area (Å²) in [6.45, 7) is 4.23. The van der Waals surface area contributed by atoms with Crippen molar-refractivity contribution >= 4 is 5.78 Å². The van der Waals surface area contributed by atoms with Crippen LogP contribution in [0.3, 0.4) is 0 Å². The number of ether oxygens (including phenoxy) is 1. The lowest BCUT2D eigenvalue weighted by molar-refractivity contribution is 0.101. The van der Waals surface area contributed by atoms with Crippen LogP contribution in [-0.2, 0) is 13.1 Å². The standard InChI is InChI=1S/C23H24N2O2/c1-17(26)19-10-11-22(27-2)20(15-19)16-25-14-13-24-12-6-9-21(24)23(25)18-7-4-3-5-8-18/h3-12,15,23H,13-14,16H2,1-2H3. The molecule has 0 saturated heterocycles. The monoisotopic (exact) mass is 360 g/mol. The van der Waals surface area contributed by atoms with Crippen LogP contribution < -0.4 is 4.74 Å². The zero-order valence-corrected chi connectivity index (χ0v) is 15.8.